The van der Waals surface area contributed by atoms with Gasteiger partial charge in [-0.25, -0.2) is 4.68 Å². The van der Waals surface area contributed by atoms with E-state index in [-0.39, 0.29) is 18.2 Å². The topological polar surface area (TPSA) is 88.9 Å². The number of benzene rings is 2. The predicted octanol–water partition coefficient (Wildman–Crippen LogP) is 3.03. The number of fused-ring (bicyclic) bond motifs is 1. The molecule has 0 radical (unpaired) electrons. The van der Waals surface area contributed by atoms with Crippen molar-refractivity contribution < 1.29 is 9.59 Å². The predicted molar refractivity (Wildman–Crippen MR) is 102 cm³/mol. The zero-order valence-electron chi connectivity index (χ0n) is 14.8. The monoisotopic (exact) mass is 361 g/mol. The Balaban J connectivity index is 1.53. The minimum atomic E-state index is -0.709. The van der Waals surface area contributed by atoms with E-state index in [1.54, 1.807) is 0 Å². The number of carbonyl (C=O) groups excluding carboxylic acids is 2. The second kappa shape index (κ2) is 7.03. The van der Waals surface area contributed by atoms with Crippen LogP contribution in [-0.4, -0.2) is 26.6 Å². The fourth-order valence-electron chi connectivity index (χ4n) is 3.15. The molecule has 1 atom stereocenters. The standard InChI is InChI=1S/C20H19N5O2/c1-2-13-8-6-7-11-15(13)21-17(26)12-16-19(27)23-20-22-18(24-25(16)20)14-9-4-3-5-10-14/h3-11,16H,2,12H2,1H3,(H,21,26)(H,22,23,24,27)/t16-/m0/s1. The summed E-state index contributed by atoms with van der Waals surface area (Å²) >= 11 is 0. The molecule has 1 aromatic heterocycles. The molecule has 1 aliphatic rings. The molecule has 0 bridgehead atoms. The van der Waals surface area contributed by atoms with Gasteiger partial charge in [-0.1, -0.05) is 55.5 Å². The molecule has 4 rings (SSSR count). The molecular formula is C20H19N5O2. The largest absolute Gasteiger partial charge is 0.326 e. The molecule has 0 fully saturated rings. The van der Waals surface area contributed by atoms with Gasteiger partial charge in [0.2, 0.25) is 11.9 Å². The van der Waals surface area contributed by atoms with Crippen molar-refractivity contribution in [1.29, 1.82) is 0 Å². The first-order chi connectivity index (χ1) is 13.2. The molecule has 0 spiro atoms. The second-order valence-corrected chi connectivity index (χ2v) is 6.34. The Morgan fingerprint density at radius 3 is 2.67 bits per heavy atom. The van der Waals surface area contributed by atoms with Gasteiger partial charge in [-0.05, 0) is 18.1 Å². The quantitative estimate of drug-likeness (QED) is 0.731. The Bertz CT molecular complexity index is 997. The van der Waals surface area contributed by atoms with Crippen LogP contribution in [0, 0.1) is 0 Å². The van der Waals surface area contributed by atoms with Crippen molar-refractivity contribution >= 4 is 23.5 Å². The van der Waals surface area contributed by atoms with Crippen LogP contribution >= 0.6 is 0 Å². The molecular weight excluding hydrogens is 342 g/mol. The molecule has 1 aliphatic heterocycles. The lowest BCUT2D eigenvalue weighted by atomic mass is 10.1. The highest BCUT2D eigenvalue weighted by Gasteiger charge is 2.35. The van der Waals surface area contributed by atoms with Crippen LogP contribution in [0.25, 0.3) is 11.4 Å². The first-order valence-electron chi connectivity index (χ1n) is 8.86. The number of rotatable bonds is 5. The second-order valence-electron chi connectivity index (χ2n) is 6.34. The van der Waals surface area contributed by atoms with Crippen LogP contribution in [0.3, 0.4) is 0 Å². The maximum Gasteiger partial charge on any atom is 0.252 e. The van der Waals surface area contributed by atoms with Gasteiger partial charge in [-0.2, -0.15) is 4.98 Å². The molecule has 2 amide bonds. The molecule has 2 aromatic carbocycles. The molecule has 0 saturated carbocycles. The lowest BCUT2D eigenvalue weighted by molar-refractivity contribution is -0.123. The zero-order chi connectivity index (χ0) is 18.8. The summed E-state index contributed by atoms with van der Waals surface area (Å²) in [6.07, 6.45) is 0.808. The summed E-state index contributed by atoms with van der Waals surface area (Å²) in [4.78, 5) is 29.1. The minimum Gasteiger partial charge on any atom is -0.326 e. The molecule has 0 unspecified atom stereocenters. The average Bonchev–Trinajstić information content (AvgIpc) is 3.22. The minimum absolute atomic E-state index is 0.00548. The van der Waals surface area contributed by atoms with Crippen molar-refractivity contribution in [2.24, 2.45) is 0 Å². The summed E-state index contributed by atoms with van der Waals surface area (Å²) in [5.74, 6) is 0.377. The van der Waals surface area contributed by atoms with Crippen LogP contribution in [0.15, 0.2) is 54.6 Å². The molecule has 0 aliphatic carbocycles. The van der Waals surface area contributed by atoms with Crippen molar-refractivity contribution in [3.63, 3.8) is 0 Å². The van der Waals surface area contributed by atoms with Gasteiger partial charge in [0.15, 0.2) is 5.82 Å². The van der Waals surface area contributed by atoms with E-state index >= 15 is 0 Å². The fraction of sp³-hybridized carbons (Fsp3) is 0.200. The van der Waals surface area contributed by atoms with Crippen molar-refractivity contribution in [1.82, 2.24) is 14.8 Å². The first kappa shape index (κ1) is 17.0. The van der Waals surface area contributed by atoms with E-state index in [2.05, 4.69) is 20.7 Å². The van der Waals surface area contributed by atoms with Gasteiger partial charge < -0.3 is 5.32 Å². The lowest BCUT2D eigenvalue weighted by Crippen LogP contribution is -2.24. The van der Waals surface area contributed by atoms with Crippen molar-refractivity contribution in [3.05, 3.63) is 60.2 Å². The van der Waals surface area contributed by atoms with Crippen molar-refractivity contribution in [2.45, 2.75) is 25.8 Å². The van der Waals surface area contributed by atoms with E-state index in [1.807, 2.05) is 61.5 Å². The Labute approximate surface area is 156 Å². The van der Waals surface area contributed by atoms with Crippen LogP contribution in [0.2, 0.25) is 0 Å². The number of nitrogens with zero attached hydrogens (tertiary/aromatic N) is 3. The summed E-state index contributed by atoms with van der Waals surface area (Å²) in [5.41, 5.74) is 2.68. The highest BCUT2D eigenvalue weighted by molar-refractivity contribution is 6.01. The molecule has 7 nitrogen and oxygen atoms in total. The molecule has 2 heterocycles. The first-order valence-corrected chi connectivity index (χ1v) is 8.86. The number of hydrogen-bond donors (Lipinski definition) is 2. The van der Waals surface area contributed by atoms with Crippen molar-refractivity contribution in [3.8, 4) is 11.4 Å². The van der Waals surface area contributed by atoms with E-state index in [0.717, 1.165) is 23.2 Å². The highest BCUT2D eigenvalue weighted by atomic mass is 16.2. The maximum atomic E-state index is 12.5. The summed E-state index contributed by atoms with van der Waals surface area (Å²) in [5, 5.41) is 10.0. The molecule has 2 N–H and O–H groups in total. The van der Waals surface area contributed by atoms with Gasteiger partial charge in [0.05, 0.1) is 6.42 Å². The molecule has 3 aromatic rings. The summed E-state index contributed by atoms with van der Waals surface area (Å²) < 4.78 is 1.50. The maximum absolute atomic E-state index is 12.5. The third-order valence-corrected chi connectivity index (χ3v) is 4.55. The Kier molecular flexibility index (Phi) is 4.42. The summed E-state index contributed by atoms with van der Waals surface area (Å²) in [6.45, 7) is 2.03. The van der Waals surface area contributed by atoms with Gasteiger partial charge in [0.25, 0.3) is 5.91 Å². The van der Waals surface area contributed by atoms with Gasteiger partial charge >= 0.3 is 0 Å². The van der Waals surface area contributed by atoms with Gasteiger partial charge in [0.1, 0.15) is 6.04 Å². The smallest absolute Gasteiger partial charge is 0.252 e. The molecule has 27 heavy (non-hydrogen) atoms. The number of amides is 2. The van der Waals surface area contributed by atoms with Crippen molar-refractivity contribution in [2.75, 3.05) is 10.6 Å². The Hall–Kier alpha value is -3.48. The van der Waals surface area contributed by atoms with Crippen LogP contribution < -0.4 is 10.6 Å². The number of carbonyl (C=O) groups is 2. The van der Waals surface area contributed by atoms with Gasteiger partial charge in [-0.3, -0.25) is 14.9 Å². The summed E-state index contributed by atoms with van der Waals surface area (Å²) in [7, 11) is 0. The molecule has 7 heteroatoms. The van der Waals surface area contributed by atoms with Crippen LogP contribution in [0.4, 0.5) is 11.6 Å². The Morgan fingerprint density at radius 1 is 1.15 bits per heavy atom. The number of hydrogen-bond acceptors (Lipinski definition) is 4. The van der Waals surface area contributed by atoms with Gasteiger partial charge in [-0.15, -0.1) is 5.10 Å². The third-order valence-electron chi connectivity index (χ3n) is 4.55. The fourth-order valence-corrected chi connectivity index (χ4v) is 3.15. The Morgan fingerprint density at radius 2 is 1.89 bits per heavy atom. The molecule has 136 valence electrons. The van der Waals surface area contributed by atoms with Gasteiger partial charge in [0, 0.05) is 11.3 Å². The average molecular weight is 361 g/mol. The summed E-state index contributed by atoms with van der Waals surface area (Å²) in [6, 6.07) is 16.4. The van der Waals surface area contributed by atoms with E-state index in [0.29, 0.717) is 11.8 Å². The normalized spacial score (nSPS) is 15.3. The van der Waals surface area contributed by atoms with Crippen LogP contribution in [0.5, 0.6) is 0 Å². The number of aryl methyl sites for hydroxylation is 1. The van der Waals surface area contributed by atoms with Crippen LogP contribution in [0.1, 0.15) is 24.9 Å². The zero-order valence-corrected chi connectivity index (χ0v) is 14.8. The number of anilines is 2. The van der Waals surface area contributed by atoms with Crippen LogP contribution in [-0.2, 0) is 16.0 Å². The highest BCUT2D eigenvalue weighted by Crippen LogP contribution is 2.28. The van der Waals surface area contributed by atoms with E-state index in [9.17, 15) is 9.59 Å². The number of para-hydroxylation sites is 1. The van der Waals surface area contributed by atoms with E-state index in [4.69, 9.17) is 0 Å². The van der Waals surface area contributed by atoms with E-state index in [1.165, 1.54) is 4.68 Å². The van der Waals surface area contributed by atoms with E-state index < -0.39 is 6.04 Å². The molecule has 0 saturated heterocycles. The number of aromatic nitrogens is 3. The SMILES string of the molecule is CCc1ccccc1NC(=O)C[C@H]1C(=O)Nc2nc(-c3ccccc3)nn21. The lowest BCUT2D eigenvalue weighted by Gasteiger charge is -2.12. The third kappa shape index (κ3) is 3.31. The number of nitrogens with one attached hydrogen (secondary N) is 2.